The Morgan fingerprint density at radius 3 is 2.60 bits per heavy atom. The van der Waals surface area contributed by atoms with Crippen LogP contribution in [-0.2, 0) is 9.53 Å². The molecule has 0 aliphatic carbocycles. The van der Waals surface area contributed by atoms with Crippen molar-refractivity contribution in [1.29, 1.82) is 0 Å². The van der Waals surface area contributed by atoms with Gasteiger partial charge in [-0.3, -0.25) is 4.79 Å². The minimum atomic E-state index is -4.59. The van der Waals surface area contributed by atoms with Gasteiger partial charge in [0.15, 0.2) is 0 Å². The molecule has 0 aromatic heterocycles. The zero-order valence-electron chi connectivity index (χ0n) is 7.76. The predicted octanol–water partition coefficient (Wildman–Crippen LogP) is 1.06. The molecule has 0 aromatic carbocycles. The number of amides is 1. The molecule has 2 atom stereocenters. The van der Waals surface area contributed by atoms with Gasteiger partial charge in [-0.05, 0) is 13.0 Å². The smallest absolute Gasteiger partial charge is 0.366 e. The molecule has 0 spiro atoms. The van der Waals surface area contributed by atoms with Crippen LogP contribution in [0.15, 0.2) is 23.3 Å². The molecule has 0 saturated heterocycles. The fourth-order valence-electron chi connectivity index (χ4n) is 2.00. The van der Waals surface area contributed by atoms with E-state index in [2.05, 4.69) is 0 Å². The molecule has 0 saturated carbocycles. The Morgan fingerprint density at radius 2 is 2.20 bits per heavy atom. The quantitative estimate of drug-likeness (QED) is 0.670. The first-order valence-corrected chi connectivity index (χ1v) is 4.24. The first kappa shape index (κ1) is 10.2. The Labute approximate surface area is 83.4 Å². The average Bonchev–Trinajstić information content (AvgIpc) is 2.53. The monoisotopic (exact) mass is 219 g/mol. The number of alkyl halides is 3. The van der Waals surface area contributed by atoms with Gasteiger partial charge < -0.3 is 10.5 Å². The van der Waals surface area contributed by atoms with Crippen molar-refractivity contribution in [3.8, 4) is 0 Å². The molecule has 2 rings (SSSR count). The summed E-state index contributed by atoms with van der Waals surface area (Å²) in [5.74, 6) is -1.09. The third kappa shape index (κ3) is 1.28. The van der Waals surface area contributed by atoms with Crippen LogP contribution in [0.2, 0.25) is 0 Å². The number of ether oxygens (including phenoxy) is 1. The van der Waals surface area contributed by atoms with Gasteiger partial charge in [-0.25, -0.2) is 0 Å². The number of primary amides is 1. The number of carbonyl (C=O) groups is 1. The second kappa shape index (κ2) is 2.63. The number of rotatable bonds is 1. The van der Waals surface area contributed by atoms with Gasteiger partial charge in [0.1, 0.15) is 11.7 Å². The summed E-state index contributed by atoms with van der Waals surface area (Å²) in [5, 5.41) is 0. The van der Waals surface area contributed by atoms with Crippen LogP contribution in [0.5, 0.6) is 0 Å². The summed E-state index contributed by atoms with van der Waals surface area (Å²) in [5.41, 5.74) is 2.17. The molecule has 0 fully saturated rings. The van der Waals surface area contributed by atoms with Crippen molar-refractivity contribution in [2.24, 2.45) is 5.73 Å². The lowest BCUT2D eigenvalue weighted by atomic mass is 9.87. The van der Waals surface area contributed by atoms with Gasteiger partial charge in [0, 0.05) is 0 Å². The van der Waals surface area contributed by atoms with E-state index in [1.54, 1.807) is 0 Å². The highest BCUT2D eigenvalue weighted by Crippen LogP contribution is 2.48. The largest absolute Gasteiger partial charge is 0.416 e. The van der Waals surface area contributed by atoms with Crippen LogP contribution in [0.3, 0.4) is 0 Å². The van der Waals surface area contributed by atoms with Crippen LogP contribution in [0, 0.1) is 0 Å². The summed E-state index contributed by atoms with van der Waals surface area (Å²) in [6.07, 6.45) is -3.07. The molecule has 0 aromatic rings. The molecule has 82 valence electrons. The number of halogens is 3. The number of fused-ring (bicyclic) bond motifs is 2. The molecular weight excluding hydrogens is 211 g/mol. The van der Waals surface area contributed by atoms with Gasteiger partial charge in [-0.1, -0.05) is 6.08 Å². The maximum atomic E-state index is 12.6. The number of carbonyl (C=O) groups excluding carboxylic acids is 1. The van der Waals surface area contributed by atoms with Crippen LogP contribution in [-0.4, -0.2) is 23.8 Å². The van der Waals surface area contributed by atoms with Crippen molar-refractivity contribution in [3.05, 3.63) is 23.3 Å². The number of nitrogens with two attached hydrogens (primary N) is 1. The summed E-state index contributed by atoms with van der Waals surface area (Å²) in [6, 6.07) is 0. The second-order valence-corrected chi connectivity index (χ2v) is 3.66. The van der Waals surface area contributed by atoms with Crippen LogP contribution >= 0.6 is 0 Å². The summed E-state index contributed by atoms with van der Waals surface area (Å²) >= 11 is 0. The zero-order chi connectivity index (χ0) is 11.4. The third-order valence-corrected chi connectivity index (χ3v) is 2.56. The number of hydrogen-bond acceptors (Lipinski definition) is 2. The van der Waals surface area contributed by atoms with E-state index in [1.807, 2.05) is 0 Å². The van der Waals surface area contributed by atoms with Crippen LogP contribution in [0.4, 0.5) is 13.2 Å². The molecule has 2 aliphatic rings. The topological polar surface area (TPSA) is 52.3 Å². The minimum absolute atomic E-state index is 0.484. The van der Waals surface area contributed by atoms with Crippen LogP contribution in [0.25, 0.3) is 0 Å². The highest BCUT2D eigenvalue weighted by atomic mass is 19.4. The van der Waals surface area contributed by atoms with Crippen molar-refractivity contribution >= 4 is 5.91 Å². The van der Waals surface area contributed by atoms with E-state index < -0.39 is 34.9 Å². The lowest BCUT2D eigenvalue weighted by Crippen LogP contribution is -2.33. The van der Waals surface area contributed by atoms with Crippen molar-refractivity contribution in [1.82, 2.24) is 0 Å². The Kier molecular flexibility index (Phi) is 1.79. The molecular formula is C9H8F3NO2. The molecule has 2 aliphatic heterocycles. The van der Waals surface area contributed by atoms with E-state index in [1.165, 1.54) is 19.1 Å². The fraction of sp³-hybridized carbons (Fsp3) is 0.444. The van der Waals surface area contributed by atoms with Gasteiger partial charge in [0.05, 0.1) is 11.1 Å². The van der Waals surface area contributed by atoms with Crippen LogP contribution < -0.4 is 5.73 Å². The Balaban J connectivity index is 2.59. The Bertz CT molecular complexity index is 397. The lowest BCUT2D eigenvalue weighted by Gasteiger charge is -2.19. The van der Waals surface area contributed by atoms with Gasteiger partial charge in [-0.2, -0.15) is 13.2 Å². The van der Waals surface area contributed by atoms with Crippen molar-refractivity contribution in [2.75, 3.05) is 0 Å². The maximum absolute atomic E-state index is 12.6. The lowest BCUT2D eigenvalue weighted by molar-refractivity contribution is -0.117. The van der Waals surface area contributed by atoms with Gasteiger partial charge in [-0.15, -0.1) is 0 Å². The first-order chi connectivity index (χ1) is 6.76. The molecule has 6 heteroatoms. The molecule has 15 heavy (non-hydrogen) atoms. The summed E-state index contributed by atoms with van der Waals surface area (Å²) in [4.78, 5) is 11.0. The van der Waals surface area contributed by atoms with Gasteiger partial charge >= 0.3 is 6.18 Å². The van der Waals surface area contributed by atoms with E-state index >= 15 is 0 Å². The third-order valence-electron chi connectivity index (χ3n) is 2.56. The van der Waals surface area contributed by atoms with E-state index in [0.717, 1.165) is 0 Å². The molecule has 1 amide bonds. The van der Waals surface area contributed by atoms with Crippen molar-refractivity contribution in [3.63, 3.8) is 0 Å². The predicted molar refractivity (Wildman–Crippen MR) is 44.7 cm³/mol. The zero-order valence-corrected chi connectivity index (χ0v) is 7.76. The van der Waals surface area contributed by atoms with E-state index in [0.29, 0.717) is 0 Å². The summed E-state index contributed by atoms with van der Waals surface area (Å²) < 4.78 is 42.9. The van der Waals surface area contributed by atoms with Gasteiger partial charge in [0.25, 0.3) is 0 Å². The Morgan fingerprint density at radius 1 is 1.60 bits per heavy atom. The van der Waals surface area contributed by atoms with Crippen molar-refractivity contribution in [2.45, 2.75) is 24.8 Å². The van der Waals surface area contributed by atoms with E-state index in [9.17, 15) is 18.0 Å². The molecule has 0 radical (unpaired) electrons. The fourth-order valence-corrected chi connectivity index (χ4v) is 2.00. The highest BCUT2D eigenvalue weighted by molar-refractivity contribution is 5.97. The summed E-state index contributed by atoms with van der Waals surface area (Å²) in [6.45, 7) is 1.39. The maximum Gasteiger partial charge on any atom is 0.416 e. The van der Waals surface area contributed by atoms with E-state index in [-0.39, 0.29) is 0 Å². The summed E-state index contributed by atoms with van der Waals surface area (Å²) in [7, 11) is 0. The molecule has 2 heterocycles. The second-order valence-electron chi connectivity index (χ2n) is 3.66. The molecule has 2 N–H and O–H groups in total. The van der Waals surface area contributed by atoms with Gasteiger partial charge in [0.2, 0.25) is 5.91 Å². The molecule has 3 nitrogen and oxygen atoms in total. The standard InChI is InChI=1S/C9H8F3NO2/c1-8-3-2-4(15-8)5(9(10,11)12)6(8)7(13)14/h2-4H,1H3,(H2,13,14). The minimum Gasteiger partial charge on any atom is -0.366 e. The number of hydrogen-bond donors (Lipinski definition) is 1. The molecule has 2 unspecified atom stereocenters. The van der Waals surface area contributed by atoms with Crippen LogP contribution in [0.1, 0.15) is 6.92 Å². The van der Waals surface area contributed by atoms with Crippen molar-refractivity contribution < 1.29 is 22.7 Å². The normalized spacial score (nSPS) is 34.0. The highest BCUT2D eigenvalue weighted by Gasteiger charge is 2.56. The molecule has 2 bridgehead atoms. The van der Waals surface area contributed by atoms with E-state index in [4.69, 9.17) is 10.5 Å². The SMILES string of the molecule is CC12C=CC(O1)C(C(F)(F)F)=C2C(N)=O. The first-order valence-electron chi connectivity index (χ1n) is 4.24. The Hall–Kier alpha value is -1.30. The average molecular weight is 219 g/mol.